The van der Waals surface area contributed by atoms with E-state index in [1.54, 1.807) is 6.26 Å². The van der Waals surface area contributed by atoms with Crippen molar-refractivity contribution in [1.29, 1.82) is 0 Å². The van der Waals surface area contributed by atoms with Crippen LogP contribution in [0, 0.1) is 11.6 Å². The maximum Gasteiger partial charge on any atom is 0.497 e. The highest BCUT2D eigenvalue weighted by molar-refractivity contribution is 7.98. The smallest absolute Gasteiger partial charge is 0.399 e. The summed E-state index contributed by atoms with van der Waals surface area (Å²) in [5.74, 6) is -0.970. The Bertz CT molecular complexity index is 490. The fraction of sp³-hybridized carbons (Fsp3) is 0.538. The van der Waals surface area contributed by atoms with E-state index in [2.05, 4.69) is 0 Å². The van der Waals surface area contributed by atoms with Gasteiger partial charge in [-0.05, 0) is 46.1 Å². The van der Waals surface area contributed by atoms with Crippen LogP contribution >= 0.6 is 11.8 Å². The van der Waals surface area contributed by atoms with Crippen LogP contribution in [0.15, 0.2) is 17.0 Å². The molecule has 1 aromatic carbocycles. The summed E-state index contributed by atoms with van der Waals surface area (Å²) in [6.07, 6.45) is 1.70. The Labute approximate surface area is 117 Å². The summed E-state index contributed by atoms with van der Waals surface area (Å²) in [5, 5.41) is 0. The third-order valence-electron chi connectivity index (χ3n) is 3.78. The van der Waals surface area contributed by atoms with Crippen molar-refractivity contribution < 1.29 is 18.1 Å². The van der Waals surface area contributed by atoms with E-state index in [0.29, 0.717) is 0 Å². The van der Waals surface area contributed by atoms with Crippen molar-refractivity contribution in [3.63, 3.8) is 0 Å². The van der Waals surface area contributed by atoms with Gasteiger partial charge in [0.1, 0.15) is 11.6 Å². The van der Waals surface area contributed by atoms with Crippen molar-refractivity contribution in [2.75, 3.05) is 6.26 Å². The molecule has 1 fully saturated rings. The van der Waals surface area contributed by atoms with E-state index < -0.39 is 30.0 Å². The maximum atomic E-state index is 14.0. The molecule has 0 atom stereocenters. The average molecular weight is 286 g/mol. The first kappa shape index (κ1) is 14.8. The fourth-order valence-electron chi connectivity index (χ4n) is 1.85. The highest BCUT2D eigenvalue weighted by Crippen LogP contribution is 2.36. The highest BCUT2D eigenvalue weighted by atomic mass is 32.2. The zero-order valence-electron chi connectivity index (χ0n) is 11.7. The maximum absolute atomic E-state index is 14.0. The van der Waals surface area contributed by atoms with Crippen LogP contribution in [-0.4, -0.2) is 24.6 Å². The molecule has 0 radical (unpaired) electrons. The fourth-order valence-corrected chi connectivity index (χ4v) is 2.33. The first-order valence-corrected chi connectivity index (χ1v) is 7.29. The number of hydrogen-bond donors (Lipinski definition) is 0. The van der Waals surface area contributed by atoms with Crippen LogP contribution in [0.25, 0.3) is 0 Å². The number of thioether (sulfide) groups is 1. The zero-order chi connectivity index (χ0) is 14.4. The highest BCUT2D eigenvalue weighted by Gasteiger charge is 2.52. The second-order valence-electron chi connectivity index (χ2n) is 5.60. The van der Waals surface area contributed by atoms with E-state index in [1.807, 2.05) is 27.7 Å². The SMILES string of the molecule is CSc1cc(F)c(B2OC(C)(C)C(C)(C)O2)cc1F. The average Bonchev–Trinajstić information content (AvgIpc) is 2.50. The third kappa shape index (κ3) is 2.53. The third-order valence-corrected chi connectivity index (χ3v) is 4.53. The van der Waals surface area contributed by atoms with Crippen molar-refractivity contribution in [3.05, 3.63) is 23.8 Å². The molecule has 1 aliphatic rings. The Balaban J connectivity index is 2.37. The molecule has 2 nitrogen and oxygen atoms in total. The molecular formula is C13H17BF2O2S. The van der Waals surface area contributed by atoms with Crippen molar-refractivity contribution >= 4 is 24.3 Å². The minimum atomic E-state index is -0.879. The molecule has 1 aliphatic heterocycles. The second kappa shape index (κ2) is 4.75. The molecule has 6 heteroatoms. The van der Waals surface area contributed by atoms with Gasteiger partial charge in [0.05, 0.1) is 11.2 Å². The molecule has 1 saturated heterocycles. The summed E-state index contributed by atoms with van der Waals surface area (Å²) in [4.78, 5) is 0.276. The van der Waals surface area contributed by atoms with E-state index in [-0.39, 0.29) is 10.4 Å². The van der Waals surface area contributed by atoms with Crippen LogP contribution in [0.1, 0.15) is 27.7 Å². The van der Waals surface area contributed by atoms with E-state index in [9.17, 15) is 8.78 Å². The molecule has 0 aromatic heterocycles. The topological polar surface area (TPSA) is 18.5 Å². The van der Waals surface area contributed by atoms with Gasteiger partial charge in [0.15, 0.2) is 0 Å². The summed E-state index contributed by atoms with van der Waals surface area (Å²) in [6.45, 7) is 7.49. The van der Waals surface area contributed by atoms with Crippen molar-refractivity contribution in [1.82, 2.24) is 0 Å². The summed E-state index contributed by atoms with van der Waals surface area (Å²) >= 11 is 1.16. The van der Waals surface area contributed by atoms with E-state index in [0.717, 1.165) is 17.8 Å². The summed E-state index contributed by atoms with van der Waals surface area (Å²) in [6, 6.07) is 2.34. The molecule has 0 bridgehead atoms. The van der Waals surface area contributed by atoms with Gasteiger partial charge >= 0.3 is 7.12 Å². The van der Waals surface area contributed by atoms with Crippen LogP contribution < -0.4 is 5.46 Å². The molecule has 0 aliphatic carbocycles. The van der Waals surface area contributed by atoms with Crippen molar-refractivity contribution in [2.45, 2.75) is 43.8 Å². The molecule has 0 spiro atoms. The van der Waals surface area contributed by atoms with Gasteiger partial charge in [-0.3, -0.25) is 0 Å². The lowest BCUT2D eigenvalue weighted by atomic mass is 9.78. The quantitative estimate of drug-likeness (QED) is 0.615. The van der Waals surface area contributed by atoms with Gasteiger partial charge in [-0.25, -0.2) is 8.78 Å². The van der Waals surface area contributed by atoms with Crippen molar-refractivity contribution in [2.24, 2.45) is 0 Å². The van der Waals surface area contributed by atoms with Crippen LogP contribution in [-0.2, 0) is 9.31 Å². The lowest BCUT2D eigenvalue weighted by Gasteiger charge is -2.32. The van der Waals surface area contributed by atoms with Gasteiger partial charge in [-0.2, -0.15) is 0 Å². The van der Waals surface area contributed by atoms with E-state index >= 15 is 0 Å². The van der Waals surface area contributed by atoms with Crippen molar-refractivity contribution in [3.8, 4) is 0 Å². The largest absolute Gasteiger partial charge is 0.497 e. The molecular weight excluding hydrogens is 269 g/mol. The minimum Gasteiger partial charge on any atom is -0.399 e. The minimum absolute atomic E-state index is 0.106. The normalized spacial score (nSPS) is 20.9. The molecule has 19 heavy (non-hydrogen) atoms. The first-order valence-electron chi connectivity index (χ1n) is 6.06. The van der Waals surface area contributed by atoms with E-state index in [1.165, 1.54) is 6.07 Å². The Morgan fingerprint density at radius 3 is 2.00 bits per heavy atom. The molecule has 0 N–H and O–H groups in total. The first-order chi connectivity index (χ1) is 8.68. The van der Waals surface area contributed by atoms with Gasteiger partial charge in [0.25, 0.3) is 0 Å². The second-order valence-corrected chi connectivity index (χ2v) is 6.44. The molecule has 1 heterocycles. The zero-order valence-corrected chi connectivity index (χ0v) is 12.5. The van der Waals surface area contributed by atoms with E-state index in [4.69, 9.17) is 9.31 Å². The Hall–Kier alpha value is -0.585. The Morgan fingerprint density at radius 2 is 1.53 bits per heavy atom. The summed E-state index contributed by atoms with van der Waals surface area (Å²) in [7, 11) is -0.879. The monoisotopic (exact) mass is 286 g/mol. The molecule has 104 valence electrons. The molecule has 1 aromatic rings. The van der Waals surface area contributed by atoms with Gasteiger partial charge in [-0.1, -0.05) is 0 Å². The number of halogens is 2. The molecule has 2 rings (SSSR count). The molecule has 0 saturated carbocycles. The van der Waals surface area contributed by atoms with Crippen LogP contribution in [0.2, 0.25) is 0 Å². The van der Waals surface area contributed by atoms with Gasteiger partial charge in [0, 0.05) is 10.4 Å². The Morgan fingerprint density at radius 1 is 1.00 bits per heavy atom. The predicted octanol–water partition coefficient (Wildman–Crippen LogP) is 2.99. The number of benzene rings is 1. The van der Waals surface area contributed by atoms with Crippen LogP contribution in [0.3, 0.4) is 0 Å². The van der Waals surface area contributed by atoms with Gasteiger partial charge in [-0.15, -0.1) is 11.8 Å². The Kier molecular flexibility index (Phi) is 3.71. The number of rotatable bonds is 2. The summed E-state index contributed by atoms with van der Waals surface area (Å²) < 4.78 is 39.3. The standard InChI is InChI=1S/C13H17BF2O2S/c1-12(2)13(3,4)18-14(17-12)8-6-10(16)11(19-5)7-9(8)15/h6-7H,1-5H3. The predicted molar refractivity (Wildman–Crippen MR) is 73.9 cm³/mol. The lowest BCUT2D eigenvalue weighted by Crippen LogP contribution is -2.41. The molecule has 0 amide bonds. The number of hydrogen-bond acceptors (Lipinski definition) is 3. The lowest BCUT2D eigenvalue weighted by molar-refractivity contribution is 0.00578. The molecule has 0 unspecified atom stereocenters. The van der Waals surface area contributed by atoms with Gasteiger partial charge in [0.2, 0.25) is 0 Å². The van der Waals surface area contributed by atoms with Crippen LogP contribution in [0.5, 0.6) is 0 Å². The van der Waals surface area contributed by atoms with Crippen LogP contribution in [0.4, 0.5) is 8.78 Å². The summed E-state index contributed by atoms with van der Waals surface area (Å²) in [5.41, 5.74) is -1.04. The van der Waals surface area contributed by atoms with Gasteiger partial charge < -0.3 is 9.31 Å².